The van der Waals surface area contributed by atoms with Crippen LogP contribution in [0.2, 0.25) is 0 Å². The molecule has 0 fully saturated rings. The van der Waals surface area contributed by atoms with Gasteiger partial charge in [-0.1, -0.05) is 0 Å². The molecule has 1 aliphatic heterocycles. The summed E-state index contributed by atoms with van der Waals surface area (Å²) in [5.41, 5.74) is 1.54. The van der Waals surface area contributed by atoms with Crippen LogP contribution in [-0.4, -0.2) is 43.3 Å². The zero-order chi connectivity index (χ0) is 11.3. The monoisotopic (exact) mass is 210 g/mol. The van der Waals surface area contributed by atoms with Gasteiger partial charge >= 0.3 is 5.97 Å². The molecular formula is C11H18N2O2. The number of esters is 1. The van der Waals surface area contributed by atoms with Crippen LogP contribution in [0.15, 0.2) is 16.3 Å². The second kappa shape index (κ2) is 5.53. The topological polar surface area (TPSA) is 41.9 Å². The predicted molar refractivity (Wildman–Crippen MR) is 59.9 cm³/mol. The Hall–Kier alpha value is -1.32. The molecule has 15 heavy (non-hydrogen) atoms. The van der Waals surface area contributed by atoms with Crippen molar-refractivity contribution in [1.82, 2.24) is 4.90 Å². The zero-order valence-corrected chi connectivity index (χ0v) is 9.62. The molecular weight excluding hydrogens is 192 g/mol. The van der Waals surface area contributed by atoms with E-state index < -0.39 is 0 Å². The summed E-state index contributed by atoms with van der Waals surface area (Å²) in [7, 11) is 0. The first-order valence-electron chi connectivity index (χ1n) is 5.33. The van der Waals surface area contributed by atoms with Crippen molar-refractivity contribution in [3.05, 3.63) is 11.3 Å². The lowest BCUT2D eigenvalue weighted by Gasteiger charge is -2.22. The third kappa shape index (κ3) is 2.81. The summed E-state index contributed by atoms with van der Waals surface area (Å²) in [6.45, 7) is 8.69. The first-order chi connectivity index (χ1) is 7.20. The van der Waals surface area contributed by atoms with Gasteiger partial charge in [0.05, 0.1) is 18.7 Å². The number of hydrogen-bond donors (Lipinski definition) is 0. The van der Waals surface area contributed by atoms with Crippen LogP contribution in [0.4, 0.5) is 0 Å². The number of allylic oxidation sites excluding steroid dienone is 1. The smallest absolute Gasteiger partial charge is 0.341 e. The molecule has 0 atom stereocenters. The molecule has 0 N–H and O–H groups in total. The third-order valence-corrected chi connectivity index (χ3v) is 2.46. The van der Waals surface area contributed by atoms with Crippen LogP contribution in [0.1, 0.15) is 20.8 Å². The second-order valence-corrected chi connectivity index (χ2v) is 3.33. The molecule has 0 aliphatic carbocycles. The lowest BCUT2D eigenvalue weighted by atomic mass is 10.2. The van der Waals surface area contributed by atoms with Gasteiger partial charge in [-0.05, 0) is 20.8 Å². The van der Waals surface area contributed by atoms with Crippen molar-refractivity contribution in [2.45, 2.75) is 20.8 Å². The number of aliphatic imine (C=N–C) groups is 1. The van der Waals surface area contributed by atoms with Crippen LogP contribution in [-0.2, 0) is 9.53 Å². The molecule has 1 heterocycles. The van der Waals surface area contributed by atoms with Gasteiger partial charge in [0.25, 0.3) is 0 Å². The summed E-state index contributed by atoms with van der Waals surface area (Å²) in [6, 6.07) is 0. The summed E-state index contributed by atoms with van der Waals surface area (Å²) in [5, 5.41) is 0. The number of rotatable bonds is 3. The Morgan fingerprint density at radius 3 is 2.93 bits per heavy atom. The lowest BCUT2D eigenvalue weighted by Crippen LogP contribution is -2.25. The summed E-state index contributed by atoms with van der Waals surface area (Å²) >= 11 is 0. The highest BCUT2D eigenvalue weighted by atomic mass is 16.5. The van der Waals surface area contributed by atoms with E-state index in [0.29, 0.717) is 12.2 Å². The van der Waals surface area contributed by atoms with Crippen LogP contribution in [0, 0.1) is 0 Å². The van der Waals surface area contributed by atoms with Crippen molar-refractivity contribution >= 4 is 12.2 Å². The van der Waals surface area contributed by atoms with Crippen molar-refractivity contribution < 1.29 is 9.53 Å². The highest BCUT2D eigenvalue weighted by molar-refractivity contribution is 6.10. The van der Waals surface area contributed by atoms with Crippen molar-refractivity contribution in [3.63, 3.8) is 0 Å². The minimum Gasteiger partial charge on any atom is -0.462 e. The van der Waals surface area contributed by atoms with E-state index in [1.807, 2.05) is 6.92 Å². The molecule has 0 aromatic carbocycles. The number of ether oxygens (including phenoxy) is 1. The first kappa shape index (κ1) is 11.8. The highest BCUT2D eigenvalue weighted by Gasteiger charge is 2.17. The average molecular weight is 210 g/mol. The van der Waals surface area contributed by atoms with E-state index >= 15 is 0 Å². The maximum atomic E-state index is 11.6. The Morgan fingerprint density at radius 1 is 1.60 bits per heavy atom. The molecule has 0 radical (unpaired) electrons. The molecule has 4 heteroatoms. The summed E-state index contributed by atoms with van der Waals surface area (Å²) in [4.78, 5) is 17.9. The summed E-state index contributed by atoms with van der Waals surface area (Å²) in [6.07, 6.45) is 1.63. The van der Waals surface area contributed by atoms with Gasteiger partial charge in [-0.3, -0.25) is 4.99 Å². The van der Waals surface area contributed by atoms with Crippen LogP contribution >= 0.6 is 0 Å². The summed E-state index contributed by atoms with van der Waals surface area (Å²) < 4.78 is 4.99. The molecule has 0 bridgehead atoms. The molecule has 0 amide bonds. The Bertz CT molecular complexity index is 295. The highest BCUT2D eigenvalue weighted by Crippen LogP contribution is 2.12. The third-order valence-electron chi connectivity index (χ3n) is 2.46. The SMILES string of the molecule is CCOC(=O)C1=C(C)N(CC)CCN=C1. The molecule has 84 valence electrons. The van der Waals surface area contributed by atoms with Gasteiger partial charge < -0.3 is 9.64 Å². The molecule has 1 rings (SSSR count). The zero-order valence-electron chi connectivity index (χ0n) is 9.62. The Labute approximate surface area is 90.6 Å². The maximum Gasteiger partial charge on any atom is 0.341 e. The van der Waals surface area contributed by atoms with Gasteiger partial charge in [0.2, 0.25) is 0 Å². The fraction of sp³-hybridized carbons (Fsp3) is 0.636. The fourth-order valence-corrected chi connectivity index (χ4v) is 1.57. The van der Waals surface area contributed by atoms with Crippen molar-refractivity contribution in [1.29, 1.82) is 0 Å². The van der Waals surface area contributed by atoms with E-state index in [2.05, 4.69) is 16.8 Å². The predicted octanol–water partition coefficient (Wildman–Crippen LogP) is 1.23. The number of hydrogen-bond acceptors (Lipinski definition) is 4. The van der Waals surface area contributed by atoms with Crippen LogP contribution in [0.5, 0.6) is 0 Å². The quantitative estimate of drug-likeness (QED) is 0.658. The van der Waals surface area contributed by atoms with Gasteiger partial charge in [-0.2, -0.15) is 0 Å². The standard InChI is InChI=1S/C11H18N2O2/c1-4-13-7-6-12-8-10(9(13)3)11(14)15-5-2/h8H,4-7H2,1-3H3. The largest absolute Gasteiger partial charge is 0.462 e. The van der Waals surface area contributed by atoms with Gasteiger partial charge in [0, 0.05) is 25.0 Å². The van der Waals surface area contributed by atoms with E-state index in [0.717, 1.165) is 25.3 Å². The summed E-state index contributed by atoms with van der Waals surface area (Å²) in [5.74, 6) is -0.279. The van der Waals surface area contributed by atoms with Crippen LogP contribution in [0.3, 0.4) is 0 Å². The van der Waals surface area contributed by atoms with Crippen molar-refractivity contribution in [2.24, 2.45) is 4.99 Å². The average Bonchev–Trinajstić information content (AvgIpc) is 2.40. The first-order valence-corrected chi connectivity index (χ1v) is 5.33. The van der Waals surface area contributed by atoms with E-state index in [4.69, 9.17) is 4.74 Å². The molecule has 0 aromatic rings. The number of nitrogens with zero attached hydrogens (tertiary/aromatic N) is 2. The van der Waals surface area contributed by atoms with Crippen LogP contribution < -0.4 is 0 Å². The van der Waals surface area contributed by atoms with Gasteiger partial charge in [-0.25, -0.2) is 4.79 Å². The van der Waals surface area contributed by atoms with Gasteiger partial charge in [-0.15, -0.1) is 0 Å². The Balaban J connectivity index is 2.92. The molecule has 0 saturated carbocycles. The molecule has 0 spiro atoms. The van der Waals surface area contributed by atoms with Crippen molar-refractivity contribution in [2.75, 3.05) is 26.2 Å². The molecule has 4 nitrogen and oxygen atoms in total. The van der Waals surface area contributed by atoms with E-state index in [1.54, 1.807) is 13.1 Å². The minimum atomic E-state index is -0.279. The van der Waals surface area contributed by atoms with Crippen molar-refractivity contribution in [3.8, 4) is 0 Å². The molecule has 1 aliphatic rings. The lowest BCUT2D eigenvalue weighted by molar-refractivity contribution is -0.137. The second-order valence-electron chi connectivity index (χ2n) is 3.33. The minimum absolute atomic E-state index is 0.279. The van der Waals surface area contributed by atoms with E-state index in [1.165, 1.54) is 0 Å². The number of likely N-dealkylation sites (N-methyl/N-ethyl adjacent to an activating group) is 1. The van der Waals surface area contributed by atoms with E-state index in [9.17, 15) is 4.79 Å². The molecule has 0 aromatic heterocycles. The van der Waals surface area contributed by atoms with E-state index in [-0.39, 0.29) is 5.97 Å². The Morgan fingerprint density at radius 2 is 2.33 bits per heavy atom. The normalized spacial score (nSPS) is 16.6. The number of carbonyl (C=O) groups is 1. The maximum absolute atomic E-state index is 11.6. The fourth-order valence-electron chi connectivity index (χ4n) is 1.57. The van der Waals surface area contributed by atoms with Gasteiger partial charge in [0.1, 0.15) is 0 Å². The molecule has 0 unspecified atom stereocenters. The Kier molecular flexibility index (Phi) is 4.34. The van der Waals surface area contributed by atoms with Crippen LogP contribution in [0.25, 0.3) is 0 Å². The number of carbonyl (C=O) groups excluding carboxylic acids is 1. The van der Waals surface area contributed by atoms with Gasteiger partial charge in [0.15, 0.2) is 0 Å². The molecule has 0 saturated heterocycles.